The number of ketones is 1. The molecule has 0 bridgehead atoms. The summed E-state index contributed by atoms with van der Waals surface area (Å²) in [4.78, 5) is 11.7. The molecule has 0 radical (unpaired) electrons. The Bertz CT molecular complexity index is 3310. The fourth-order valence-electron chi connectivity index (χ4n) is 8.31. The molecular weight excluding hydrogens is 1140 g/mol. The second-order valence-corrected chi connectivity index (χ2v) is 22.9. The zero-order valence-corrected chi connectivity index (χ0v) is 55.3. The van der Waals surface area contributed by atoms with Crippen molar-refractivity contribution >= 4 is 52.2 Å². The van der Waals surface area contributed by atoms with Crippen molar-refractivity contribution in [2.24, 2.45) is 0 Å². The van der Waals surface area contributed by atoms with Crippen molar-refractivity contribution in [2.75, 3.05) is 21.3 Å². The first-order chi connectivity index (χ1) is 40.9. The van der Waals surface area contributed by atoms with Crippen molar-refractivity contribution < 1.29 is 19.0 Å². The highest BCUT2D eigenvalue weighted by atomic mass is 35.5. The monoisotopic (exact) mass is 1230 g/mol. The number of methoxy groups -OCH3 is 3. The molecule has 8 rings (SSSR count). The van der Waals surface area contributed by atoms with E-state index in [-0.39, 0.29) is 11.7 Å². The zero-order valence-electron chi connectivity index (χ0n) is 52.3. The lowest BCUT2D eigenvalue weighted by atomic mass is 9.88. The number of allylic oxidation sites excluding steroid dienone is 6. The molecular formula is C78H88Cl4O4. The van der Waals surface area contributed by atoms with Gasteiger partial charge in [0.15, 0.2) is 11.5 Å². The zero-order chi connectivity index (χ0) is 64.0. The molecule has 0 saturated heterocycles. The lowest BCUT2D eigenvalue weighted by Crippen LogP contribution is -2.10. The summed E-state index contributed by atoms with van der Waals surface area (Å²) in [5.74, 6) is 2.48. The van der Waals surface area contributed by atoms with Crippen LogP contribution in [0.15, 0.2) is 273 Å². The van der Waals surface area contributed by atoms with E-state index in [0.717, 1.165) is 99.2 Å². The van der Waals surface area contributed by atoms with E-state index >= 15 is 0 Å². The van der Waals surface area contributed by atoms with Gasteiger partial charge in [-0.25, -0.2) is 0 Å². The van der Waals surface area contributed by atoms with Crippen molar-refractivity contribution in [2.45, 2.75) is 92.9 Å². The van der Waals surface area contributed by atoms with E-state index < -0.39 is 0 Å². The Morgan fingerprint density at radius 2 is 0.698 bits per heavy atom. The van der Waals surface area contributed by atoms with Gasteiger partial charge in [-0.3, -0.25) is 4.79 Å². The van der Waals surface area contributed by atoms with Gasteiger partial charge in [-0.05, 0) is 192 Å². The lowest BCUT2D eigenvalue weighted by Gasteiger charge is -2.14. The second-order valence-electron chi connectivity index (χ2n) is 21.2. The predicted octanol–water partition coefficient (Wildman–Crippen LogP) is 22.9. The van der Waals surface area contributed by atoms with Crippen LogP contribution in [0.4, 0.5) is 0 Å². The van der Waals surface area contributed by atoms with Crippen LogP contribution >= 0.6 is 46.4 Å². The quantitative estimate of drug-likeness (QED) is 0.0803. The molecule has 4 nitrogen and oxygen atoms in total. The molecule has 8 heteroatoms. The Kier molecular flexibility index (Phi) is 36.6. The first-order valence-corrected chi connectivity index (χ1v) is 29.7. The minimum atomic E-state index is -0.137. The van der Waals surface area contributed by atoms with Crippen LogP contribution in [0.3, 0.4) is 0 Å². The largest absolute Gasteiger partial charge is 0.497 e. The number of hydrogen-bond donors (Lipinski definition) is 0. The van der Waals surface area contributed by atoms with Crippen LogP contribution in [-0.4, -0.2) is 27.1 Å². The summed E-state index contributed by atoms with van der Waals surface area (Å²) in [6, 6.07) is 65.5. The minimum Gasteiger partial charge on any atom is -0.497 e. The number of Topliss-reactive ketones (excluding diaryl/α,β-unsaturated/α-hetero) is 1. The number of ether oxygens (including phenoxy) is 3. The van der Waals surface area contributed by atoms with Crippen LogP contribution in [-0.2, 0) is 43.3 Å². The Morgan fingerprint density at radius 1 is 0.337 bits per heavy atom. The summed E-state index contributed by atoms with van der Waals surface area (Å²) < 4.78 is 15.5. The van der Waals surface area contributed by atoms with E-state index in [1.165, 1.54) is 44.5 Å². The number of rotatable bonds is 18. The van der Waals surface area contributed by atoms with E-state index in [4.69, 9.17) is 60.6 Å². The Hall–Kier alpha value is -7.57. The van der Waals surface area contributed by atoms with E-state index in [1.807, 2.05) is 205 Å². The summed E-state index contributed by atoms with van der Waals surface area (Å²) in [6.07, 6.45) is 5.52. The molecule has 0 aliphatic heterocycles. The topological polar surface area (TPSA) is 44.8 Å². The smallest absolute Gasteiger partial charge is 0.160 e. The van der Waals surface area contributed by atoms with Crippen LogP contribution in [0.25, 0.3) is 0 Å². The molecule has 452 valence electrons. The van der Waals surface area contributed by atoms with Gasteiger partial charge in [0.25, 0.3) is 0 Å². The standard InChI is InChI=1S/C15H14O.C12H16O2.C11H14O.C10H10Cl2.2C10H11Cl.C10H12/c1-12(16)15(13-8-4-2-5-9-13)14-10-6-3-7-11-14;1-9(2)7-10-5-6-11(13-3)12(8-10)14-4;1-9(2)7-10-5-4-6-11(8-10)12-3;1-7(2)5-8-3-4-9(11)10(12)6-8;1-8(2)7-9-3-5-10(11)6-4-9;1-8(2)6-9-4-3-5-10(11)7-9;1-9(2)8-10-6-4-3-5-7-10/h2-11,15H,1H3;5-6,8H,1,7H2,2-4H3;4-6,8H,1,7H2,2-3H3;3-4,6H,1,5H2,2H3;3-6H,1,7H2,2H3;3-5,7H,1,6H2,2H3;3-7H,1,8H2,2H3. The Labute approximate surface area is 536 Å². The van der Waals surface area contributed by atoms with Gasteiger partial charge in [-0.1, -0.05) is 259 Å². The average Bonchev–Trinajstić information content (AvgIpc) is 3.35. The van der Waals surface area contributed by atoms with Gasteiger partial charge in [-0.15, -0.1) is 0 Å². The highest BCUT2D eigenvalue weighted by molar-refractivity contribution is 6.42. The molecule has 0 N–H and O–H groups in total. The maximum atomic E-state index is 11.7. The summed E-state index contributed by atoms with van der Waals surface area (Å²) in [7, 11) is 4.96. The molecule has 0 amide bonds. The third kappa shape index (κ3) is 33.2. The number of hydrogen-bond acceptors (Lipinski definition) is 4. The molecule has 8 aromatic rings. The second kappa shape index (κ2) is 42.3. The molecule has 0 fully saturated rings. The van der Waals surface area contributed by atoms with Gasteiger partial charge < -0.3 is 14.2 Å². The van der Waals surface area contributed by atoms with Gasteiger partial charge in [-0.2, -0.15) is 0 Å². The van der Waals surface area contributed by atoms with Gasteiger partial charge >= 0.3 is 0 Å². The van der Waals surface area contributed by atoms with E-state index in [0.29, 0.717) is 10.0 Å². The van der Waals surface area contributed by atoms with Gasteiger partial charge in [0.2, 0.25) is 0 Å². The molecule has 86 heavy (non-hydrogen) atoms. The Balaban J connectivity index is 0.000000344. The number of carbonyl (C=O) groups is 1. The third-order valence-electron chi connectivity index (χ3n) is 11.9. The molecule has 0 aliphatic rings. The maximum absolute atomic E-state index is 11.7. The highest BCUT2D eigenvalue weighted by Crippen LogP contribution is 2.29. The molecule has 0 unspecified atom stereocenters. The first kappa shape index (κ1) is 74.5. The van der Waals surface area contributed by atoms with Crippen LogP contribution in [0.5, 0.6) is 17.2 Å². The van der Waals surface area contributed by atoms with Crippen molar-refractivity contribution in [1.29, 1.82) is 0 Å². The molecule has 0 heterocycles. The summed E-state index contributed by atoms with van der Waals surface area (Å²) in [6.45, 7) is 36.9. The van der Waals surface area contributed by atoms with E-state index in [9.17, 15) is 4.79 Å². The fourth-order valence-corrected chi connectivity index (χ4v) is 8.97. The van der Waals surface area contributed by atoms with Crippen molar-refractivity contribution in [3.63, 3.8) is 0 Å². The van der Waals surface area contributed by atoms with Crippen LogP contribution < -0.4 is 14.2 Å². The van der Waals surface area contributed by atoms with Crippen LogP contribution in [0.2, 0.25) is 20.1 Å². The summed E-state index contributed by atoms with van der Waals surface area (Å²) in [5.41, 5.74) is 16.5. The molecule has 0 atom stereocenters. The van der Waals surface area contributed by atoms with Crippen LogP contribution in [0.1, 0.15) is 98.9 Å². The van der Waals surface area contributed by atoms with Crippen molar-refractivity contribution in [3.05, 3.63) is 338 Å². The fraction of sp³-hybridized carbons (Fsp3) is 0.218. The number of halogens is 4. The van der Waals surface area contributed by atoms with Crippen LogP contribution in [0, 0.1) is 0 Å². The maximum Gasteiger partial charge on any atom is 0.160 e. The van der Waals surface area contributed by atoms with Gasteiger partial charge in [0, 0.05) is 10.0 Å². The lowest BCUT2D eigenvalue weighted by molar-refractivity contribution is -0.117. The average molecular weight is 1230 g/mol. The number of carbonyl (C=O) groups excluding carboxylic acids is 1. The molecule has 0 aliphatic carbocycles. The summed E-state index contributed by atoms with van der Waals surface area (Å²) in [5, 5.41) is 2.79. The third-order valence-corrected chi connectivity index (χ3v) is 13.1. The SMILES string of the molecule is C=C(C)Cc1ccc(Cl)c(Cl)c1.C=C(C)Cc1ccc(Cl)cc1.C=C(C)Cc1ccc(OC)c(OC)c1.C=C(C)Cc1cccc(Cl)c1.C=C(C)Cc1cccc(OC)c1.C=C(C)Cc1ccccc1.CC(=O)C(c1ccccc1)c1ccccc1. The predicted molar refractivity (Wildman–Crippen MR) is 375 cm³/mol. The molecule has 8 aromatic carbocycles. The first-order valence-electron chi connectivity index (χ1n) is 28.2. The summed E-state index contributed by atoms with van der Waals surface area (Å²) >= 11 is 23.1. The Morgan fingerprint density at radius 3 is 1.10 bits per heavy atom. The van der Waals surface area contributed by atoms with Crippen molar-refractivity contribution in [1.82, 2.24) is 0 Å². The van der Waals surface area contributed by atoms with E-state index in [2.05, 4.69) is 75.9 Å². The number of benzene rings is 8. The van der Waals surface area contributed by atoms with Gasteiger partial charge in [0.05, 0.1) is 37.3 Å². The highest BCUT2D eigenvalue weighted by Gasteiger charge is 2.18. The van der Waals surface area contributed by atoms with Crippen molar-refractivity contribution in [3.8, 4) is 17.2 Å². The molecule has 0 aromatic heterocycles. The minimum absolute atomic E-state index is 0.137. The molecule has 0 spiro atoms. The normalized spacial score (nSPS) is 9.76. The van der Waals surface area contributed by atoms with Gasteiger partial charge in [0.1, 0.15) is 11.5 Å². The van der Waals surface area contributed by atoms with E-state index in [1.54, 1.807) is 28.3 Å². The molecule has 0 saturated carbocycles.